The molecule has 0 fully saturated rings. The second-order valence-electron chi connectivity index (χ2n) is 3.97. The Hall–Kier alpha value is -1.75. The fourth-order valence-electron chi connectivity index (χ4n) is 1.66. The van der Waals surface area contributed by atoms with Crippen molar-refractivity contribution in [3.63, 3.8) is 0 Å². The summed E-state index contributed by atoms with van der Waals surface area (Å²) < 4.78 is 1.88. The lowest BCUT2D eigenvalue weighted by molar-refractivity contribution is 0.830. The van der Waals surface area contributed by atoms with Crippen molar-refractivity contribution in [2.75, 3.05) is 0 Å². The zero-order valence-electron chi connectivity index (χ0n) is 10.1. The van der Waals surface area contributed by atoms with Crippen molar-refractivity contribution in [1.82, 2.24) is 14.8 Å². The molecule has 0 saturated heterocycles. The number of rotatable bonds is 2. The molecule has 2 aromatic rings. The fraction of sp³-hybridized carbons (Fsp3) is 0.250. The zero-order chi connectivity index (χ0) is 12.6. The van der Waals surface area contributed by atoms with Crippen LogP contribution in [0.15, 0.2) is 18.3 Å². The maximum absolute atomic E-state index is 5.57. The lowest BCUT2D eigenvalue weighted by Crippen LogP contribution is -2.12. The molecule has 17 heavy (non-hydrogen) atoms. The number of thiocarbonyl (C=S) groups is 1. The quantitative estimate of drug-likeness (QED) is 0.821. The average molecular weight is 246 g/mol. The molecule has 2 heterocycles. The van der Waals surface area contributed by atoms with E-state index in [-0.39, 0.29) is 0 Å². The van der Waals surface area contributed by atoms with Gasteiger partial charge in [-0.05, 0) is 38.5 Å². The third-order valence-corrected chi connectivity index (χ3v) is 3.10. The van der Waals surface area contributed by atoms with Gasteiger partial charge in [-0.3, -0.25) is 4.98 Å². The Labute approximate surface area is 105 Å². The Morgan fingerprint density at radius 2 is 2.06 bits per heavy atom. The van der Waals surface area contributed by atoms with Gasteiger partial charge >= 0.3 is 0 Å². The molecule has 0 bridgehead atoms. The van der Waals surface area contributed by atoms with Crippen molar-refractivity contribution < 1.29 is 0 Å². The van der Waals surface area contributed by atoms with Gasteiger partial charge < -0.3 is 5.73 Å². The number of pyridine rings is 1. The standard InChI is InChI=1S/C12H14N4S/c1-7-8(2)15-16(9(7)3)10-4-5-14-11(6-10)12(13)17/h4-6H,1-3H3,(H2,13,17). The predicted octanol–water partition coefficient (Wildman–Crippen LogP) is 1.83. The van der Waals surface area contributed by atoms with Gasteiger partial charge in [0, 0.05) is 11.9 Å². The van der Waals surface area contributed by atoms with E-state index in [0.29, 0.717) is 10.7 Å². The van der Waals surface area contributed by atoms with Crippen LogP contribution >= 0.6 is 12.2 Å². The summed E-state index contributed by atoms with van der Waals surface area (Å²) in [5.41, 5.74) is 10.4. The van der Waals surface area contributed by atoms with Gasteiger partial charge in [-0.25, -0.2) is 4.68 Å². The molecule has 0 aliphatic rings. The minimum Gasteiger partial charge on any atom is -0.388 e. The number of nitrogens with two attached hydrogens (primary N) is 1. The van der Waals surface area contributed by atoms with Crippen LogP contribution in [0, 0.1) is 20.8 Å². The second kappa shape index (κ2) is 4.25. The number of aromatic nitrogens is 3. The van der Waals surface area contributed by atoms with Gasteiger partial charge in [0.05, 0.1) is 17.1 Å². The van der Waals surface area contributed by atoms with E-state index in [1.54, 1.807) is 6.20 Å². The van der Waals surface area contributed by atoms with Crippen LogP contribution in [0.1, 0.15) is 22.6 Å². The maximum Gasteiger partial charge on any atom is 0.122 e. The lowest BCUT2D eigenvalue weighted by atomic mass is 10.2. The van der Waals surface area contributed by atoms with Crippen LogP contribution in [0.5, 0.6) is 0 Å². The van der Waals surface area contributed by atoms with Crippen LogP contribution in [0.25, 0.3) is 5.69 Å². The van der Waals surface area contributed by atoms with Crippen LogP contribution in [0.2, 0.25) is 0 Å². The molecule has 88 valence electrons. The smallest absolute Gasteiger partial charge is 0.122 e. The van der Waals surface area contributed by atoms with Gasteiger partial charge in [-0.2, -0.15) is 5.10 Å². The highest BCUT2D eigenvalue weighted by Crippen LogP contribution is 2.16. The van der Waals surface area contributed by atoms with Gasteiger partial charge in [-0.15, -0.1) is 0 Å². The molecule has 0 unspecified atom stereocenters. The number of hydrogen-bond donors (Lipinski definition) is 1. The van der Waals surface area contributed by atoms with Gasteiger partial charge in [0.1, 0.15) is 4.99 Å². The molecule has 5 heteroatoms. The summed E-state index contributed by atoms with van der Waals surface area (Å²) in [7, 11) is 0. The Bertz CT molecular complexity index is 586. The summed E-state index contributed by atoms with van der Waals surface area (Å²) in [6.07, 6.45) is 1.69. The molecular formula is C12H14N4S. The maximum atomic E-state index is 5.57. The van der Waals surface area contributed by atoms with E-state index in [9.17, 15) is 0 Å². The molecule has 2 aromatic heterocycles. The molecule has 0 saturated carbocycles. The van der Waals surface area contributed by atoms with Crippen molar-refractivity contribution in [3.05, 3.63) is 41.0 Å². The van der Waals surface area contributed by atoms with Crippen molar-refractivity contribution in [1.29, 1.82) is 0 Å². The molecule has 0 radical (unpaired) electrons. The first kappa shape index (κ1) is 11.7. The summed E-state index contributed by atoms with van der Waals surface area (Å²) in [6.45, 7) is 6.09. The van der Waals surface area contributed by atoms with Crippen molar-refractivity contribution >= 4 is 17.2 Å². The summed E-state index contributed by atoms with van der Waals surface area (Å²) in [6, 6.07) is 3.74. The zero-order valence-corrected chi connectivity index (χ0v) is 10.9. The first-order valence-electron chi connectivity index (χ1n) is 5.29. The van der Waals surface area contributed by atoms with E-state index in [1.807, 2.05) is 30.7 Å². The third-order valence-electron chi connectivity index (χ3n) is 2.89. The van der Waals surface area contributed by atoms with Gasteiger partial charge in [0.2, 0.25) is 0 Å². The van der Waals surface area contributed by atoms with Crippen molar-refractivity contribution in [2.45, 2.75) is 20.8 Å². The normalized spacial score (nSPS) is 10.5. The largest absolute Gasteiger partial charge is 0.388 e. The molecule has 0 spiro atoms. The lowest BCUT2D eigenvalue weighted by Gasteiger charge is -2.06. The number of hydrogen-bond acceptors (Lipinski definition) is 3. The van der Waals surface area contributed by atoms with Crippen LogP contribution in [-0.4, -0.2) is 19.8 Å². The van der Waals surface area contributed by atoms with E-state index in [1.165, 1.54) is 5.56 Å². The summed E-state index contributed by atoms with van der Waals surface area (Å²) in [5.74, 6) is 0. The van der Waals surface area contributed by atoms with Crippen LogP contribution in [-0.2, 0) is 0 Å². The molecule has 0 amide bonds. The minimum absolute atomic E-state index is 0.296. The van der Waals surface area contributed by atoms with E-state index < -0.39 is 0 Å². The molecule has 0 aliphatic heterocycles. The predicted molar refractivity (Wildman–Crippen MR) is 71.5 cm³/mol. The van der Waals surface area contributed by atoms with Crippen LogP contribution in [0.3, 0.4) is 0 Å². The monoisotopic (exact) mass is 246 g/mol. The Morgan fingerprint density at radius 3 is 2.59 bits per heavy atom. The van der Waals surface area contributed by atoms with Crippen molar-refractivity contribution in [3.8, 4) is 5.69 Å². The van der Waals surface area contributed by atoms with Crippen LogP contribution < -0.4 is 5.73 Å². The fourth-order valence-corrected chi connectivity index (χ4v) is 1.77. The van der Waals surface area contributed by atoms with Crippen LogP contribution in [0.4, 0.5) is 0 Å². The molecule has 0 aromatic carbocycles. The van der Waals surface area contributed by atoms with Gasteiger partial charge in [-0.1, -0.05) is 12.2 Å². The molecule has 2 N–H and O–H groups in total. The molecule has 2 rings (SSSR count). The minimum atomic E-state index is 0.296. The van der Waals surface area contributed by atoms with E-state index in [4.69, 9.17) is 18.0 Å². The number of aryl methyl sites for hydroxylation is 1. The van der Waals surface area contributed by atoms with Crippen molar-refractivity contribution in [2.24, 2.45) is 5.73 Å². The Kier molecular flexibility index (Phi) is 2.93. The Morgan fingerprint density at radius 1 is 1.35 bits per heavy atom. The first-order valence-corrected chi connectivity index (χ1v) is 5.70. The molecule has 0 aliphatic carbocycles. The van der Waals surface area contributed by atoms with E-state index in [2.05, 4.69) is 17.0 Å². The van der Waals surface area contributed by atoms with Gasteiger partial charge in [0.25, 0.3) is 0 Å². The SMILES string of the molecule is Cc1nn(-c2ccnc(C(N)=S)c2)c(C)c1C. The third kappa shape index (κ3) is 2.06. The van der Waals surface area contributed by atoms with E-state index >= 15 is 0 Å². The highest BCUT2D eigenvalue weighted by atomic mass is 32.1. The average Bonchev–Trinajstić information content (AvgIpc) is 2.57. The second-order valence-corrected chi connectivity index (χ2v) is 4.41. The Balaban J connectivity index is 2.56. The highest BCUT2D eigenvalue weighted by molar-refractivity contribution is 7.80. The number of nitrogens with zero attached hydrogens (tertiary/aromatic N) is 3. The molecule has 0 atom stereocenters. The first-order chi connectivity index (χ1) is 8.00. The molecular weight excluding hydrogens is 232 g/mol. The summed E-state index contributed by atoms with van der Waals surface area (Å²) in [4.78, 5) is 4.41. The highest BCUT2D eigenvalue weighted by Gasteiger charge is 2.09. The summed E-state index contributed by atoms with van der Waals surface area (Å²) >= 11 is 4.92. The van der Waals surface area contributed by atoms with E-state index in [0.717, 1.165) is 17.1 Å². The van der Waals surface area contributed by atoms with Gasteiger partial charge in [0.15, 0.2) is 0 Å². The molecule has 4 nitrogen and oxygen atoms in total. The summed E-state index contributed by atoms with van der Waals surface area (Å²) in [5, 5.41) is 4.49. The topological polar surface area (TPSA) is 56.7 Å².